The number of hydrogen-bond donors (Lipinski definition) is 5. The number of aliphatic hydroxyl groups excluding tert-OH is 2. The van der Waals surface area contributed by atoms with Gasteiger partial charge in [0.2, 0.25) is 0 Å². The number of unbranched alkanes of at least 4 members (excludes halogenated alkanes) is 30. The van der Waals surface area contributed by atoms with E-state index in [1.165, 1.54) is 161 Å². The normalized spacial score (nSPS) is 14.2. The summed E-state index contributed by atoms with van der Waals surface area (Å²) in [5.41, 5.74) is -1.44. The van der Waals surface area contributed by atoms with Gasteiger partial charge in [0.1, 0.15) is 0 Å². The summed E-state index contributed by atoms with van der Waals surface area (Å²) in [6, 6.07) is 0. The fraction of sp³-hybridized carbons (Fsp3) is 1.00. The van der Waals surface area contributed by atoms with Gasteiger partial charge in [0.25, 0.3) is 0 Å². The van der Waals surface area contributed by atoms with Crippen molar-refractivity contribution in [3.05, 3.63) is 0 Å². The zero-order valence-electron chi connectivity index (χ0n) is 34.4. The molecule has 5 N–H and O–H groups in total. The summed E-state index contributed by atoms with van der Waals surface area (Å²) in [6.45, 7) is 3.09. The molecule has 53 heavy (non-hydrogen) atoms. The summed E-state index contributed by atoms with van der Waals surface area (Å²) < 4.78 is 38.4. The van der Waals surface area contributed by atoms with Gasteiger partial charge in [0, 0.05) is 6.61 Å². The Labute approximate surface area is 326 Å². The number of aliphatic hydroxyl groups is 2. The minimum atomic E-state index is -5.30. The van der Waals surface area contributed by atoms with Crippen LogP contribution < -0.4 is 0 Å². The van der Waals surface area contributed by atoms with E-state index in [0.29, 0.717) is 13.0 Å². The van der Waals surface area contributed by atoms with Gasteiger partial charge in [-0.25, -0.2) is 9.13 Å². The zero-order chi connectivity index (χ0) is 39.4. The highest BCUT2D eigenvalue weighted by atomic mass is 31.3. The molecule has 0 spiro atoms. The van der Waals surface area contributed by atoms with Crippen molar-refractivity contribution < 1.29 is 47.6 Å². The minimum absolute atomic E-state index is 0.416. The Morgan fingerprint density at radius 1 is 0.472 bits per heavy atom. The van der Waals surface area contributed by atoms with Crippen LogP contribution in [0.25, 0.3) is 0 Å². The summed E-state index contributed by atoms with van der Waals surface area (Å²) in [5, 5.41) is 20.7. The highest BCUT2D eigenvalue weighted by Gasteiger charge is 2.43. The van der Waals surface area contributed by atoms with E-state index in [4.69, 9.17) is 19.0 Å². The molecule has 12 heteroatoms. The van der Waals surface area contributed by atoms with E-state index in [9.17, 15) is 24.2 Å². The first kappa shape index (κ1) is 53.1. The second kappa shape index (κ2) is 36.5. The van der Waals surface area contributed by atoms with E-state index in [0.717, 1.165) is 44.9 Å². The molecule has 10 nitrogen and oxygen atoms in total. The number of phosphoric ester groups is 1. The van der Waals surface area contributed by atoms with Crippen molar-refractivity contribution >= 4 is 15.6 Å². The first-order chi connectivity index (χ1) is 25.6. The molecular weight excluding hydrogens is 714 g/mol. The SMILES string of the molecule is CCCCCCCCCCCCCCCCCCOC(CCCCCCCCCCCCCCCCCC)C(CO)(CO)COP(=O)(O)OP(=O)(O)O. The molecule has 0 radical (unpaired) electrons. The van der Waals surface area contributed by atoms with Crippen LogP contribution in [-0.2, 0) is 22.7 Å². The van der Waals surface area contributed by atoms with E-state index in [2.05, 4.69) is 18.2 Å². The summed E-state index contributed by atoms with van der Waals surface area (Å²) in [5.74, 6) is 0. The van der Waals surface area contributed by atoms with Crippen LogP contribution in [0.4, 0.5) is 0 Å². The van der Waals surface area contributed by atoms with Gasteiger partial charge in [-0.1, -0.05) is 213 Å². The van der Waals surface area contributed by atoms with E-state index < -0.39 is 47.0 Å². The van der Waals surface area contributed by atoms with Gasteiger partial charge >= 0.3 is 15.6 Å². The summed E-state index contributed by atoms with van der Waals surface area (Å²) in [6.07, 6.45) is 40.0. The number of phosphoric acid groups is 2. The van der Waals surface area contributed by atoms with Crippen LogP contribution in [-0.4, -0.2) is 57.4 Å². The highest BCUT2D eigenvalue weighted by Crippen LogP contribution is 2.58. The molecule has 0 aliphatic carbocycles. The van der Waals surface area contributed by atoms with Crippen molar-refractivity contribution in [1.29, 1.82) is 0 Å². The van der Waals surface area contributed by atoms with Crippen LogP contribution >= 0.6 is 15.6 Å². The molecule has 2 atom stereocenters. The standard InChI is InChI=1S/C41H86O10P2/c1-3-5-7-9-11-13-15-17-19-21-23-25-27-29-31-33-35-40(41(37-42,38-43)39-50-53(47,48)51-52(44,45)46)49-36-34-32-30-28-26-24-22-20-18-16-14-12-10-8-6-4-2/h40,42-43H,3-39H2,1-2H3,(H,47,48)(H2,44,45,46). The first-order valence-electron chi connectivity index (χ1n) is 22.1. The van der Waals surface area contributed by atoms with Gasteiger partial charge in [-0.15, -0.1) is 0 Å². The molecule has 0 aliphatic heterocycles. The Morgan fingerprint density at radius 2 is 0.774 bits per heavy atom. The maximum absolute atomic E-state index is 12.2. The van der Waals surface area contributed by atoms with Gasteiger partial charge in [-0.05, 0) is 12.8 Å². The lowest BCUT2D eigenvalue weighted by molar-refractivity contribution is -0.115. The van der Waals surface area contributed by atoms with Crippen molar-refractivity contribution in [3.8, 4) is 0 Å². The van der Waals surface area contributed by atoms with Crippen molar-refractivity contribution in [3.63, 3.8) is 0 Å². The third kappa shape index (κ3) is 33.9. The molecule has 0 amide bonds. The highest BCUT2D eigenvalue weighted by molar-refractivity contribution is 7.60. The average Bonchev–Trinajstić information content (AvgIpc) is 3.11. The van der Waals surface area contributed by atoms with Crippen molar-refractivity contribution in [2.75, 3.05) is 26.4 Å². The molecule has 2 unspecified atom stereocenters. The van der Waals surface area contributed by atoms with Crippen molar-refractivity contribution in [2.24, 2.45) is 5.41 Å². The Morgan fingerprint density at radius 3 is 1.08 bits per heavy atom. The molecule has 0 bridgehead atoms. The fourth-order valence-electron chi connectivity index (χ4n) is 7.13. The fourth-order valence-corrected chi connectivity index (χ4v) is 8.81. The lowest BCUT2D eigenvalue weighted by Crippen LogP contribution is -2.47. The van der Waals surface area contributed by atoms with Crippen LogP contribution in [0.3, 0.4) is 0 Å². The van der Waals surface area contributed by atoms with Gasteiger partial charge < -0.3 is 29.6 Å². The van der Waals surface area contributed by atoms with Crippen LogP contribution in [0.2, 0.25) is 0 Å². The molecular formula is C41H86O10P2. The summed E-state index contributed by atoms with van der Waals surface area (Å²) in [7, 11) is -10.4. The lowest BCUT2D eigenvalue weighted by atomic mass is 9.81. The molecule has 0 aromatic carbocycles. The Kier molecular flexibility index (Phi) is 36.6. The molecule has 0 aliphatic rings. The van der Waals surface area contributed by atoms with E-state index in [-0.39, 0.29) is 0 Å². The van der Waals surface area contributed by atoms with Crippen LogP contribution in [0.15, 0.2) is 0 Å². The predicted octanol–water partition coefficient (Wildman–Crippen LogP) is 12.5. The molecule has 320 valence electrons. The molecule has 0 fully saturated rings. The second-order valence-electron chi connectivity index (χ2n) is 15.7. The van der Waals surface area contributed by atoms with E-state index >= 15 is 0 Å². The van der Waals surface area contributed by atoms with Gasteiger partial charge in [-0.2, -0.15) is 4.31 Å². The molecule has 0 heterocycles. The topological polar surface area (TPSA) is 163 Å². The Hall–Kier alpha value is 0.140. The number of ether oxygens (including phenoxy) is 1. The summed E-state index contributed by atoms with van der Waals surface area (Å²) >= 11 is 0. The van der Waals surface area contributed by atoms with Crippen LogP contribution in [0.5, 0.6) is 0 Å². The maximum Gasteiger partial charge on any atom is 0.481 e. The monoisotopic (exact) mass is 801 g/mol. The third-order valence-corrected chi connectivity index (χ3v) is 12.8. The smallest absolute Gasteiger partial charge is 0.396 e. The van der Waals surface area contributed by atoms with Crippen LogP contribution in [0.1, 0.15) is 226 Å². The maximum atomic E-state index is 12.2. The average molecular weight is 801 g/mol. The van der Waals surface area contributed by atoms with E-state index in [1.54, 1.807) is 0 Å². The zero-order valence-corrected chi connectivity index (χ0v) is 36.2. The first-order valence-corrected chi connectivity index (χ1v) is 25.2. The number of hydrogen-bond acceptors (Lipinski definition) is 7. The van der Waals surface area contributed by atoms with Gasteiger partial charge in [0.05, 0.1) is 31.3 Å². The largest absolute Gasteiger partial charge is 0.481 e. The Bertz CT molecular complexity index is 868. The van der Waals surface area contributed by atoms with Gasteiger partial charge in [-0.3, -0.25) is 4.52 Å². The molecule has 0 aromatic rings. The minimum Gasteiger partial charge on any atom is -0.396 e. The quantitative estimate of drug-likeness (QED) is 0.0296. The second-order valence-corrected chi connectivity index (χ2v) is 18.6. The van der Waals surface area contributed by atoms with Crippen LogP contribution in [0, 0.1) is 5.41 Å². The lowest BCUT2D eigenvalue weighted by Gasteiger charge is -2.37. The predicted molar refractivity (Wildman–Crippen MR) is 219 cm³/mol. The van der Waals surface area contributed by atoms with Crippen molar-refractivity contribution in [1.82, 2.24) is 0 Å². The van der Waals surface area contributed by atoms with E-state index in [1.807, 2.05) is 0 Å². The van der Waals surface area contributed by atoms with Crippen molar-refractivity contribution in [2.45, 2.75) is 232 Å². The molecule has 0 aromatic heterocycles. The summed E-state index contributed by atoms with van der Waals surface area (Å²) in [4.78, 5) is 27.8. The third-order valence-electron chi connectivity index (χ3n) is 10.7. The van der Waals surface area contributed by atoms with Gasteiger partial charge in [0.15, 0.2) is 0 Å². The number of rotatable bonds is 43. The molecule has 0 saturated heterocycles. The molecule has 0 saturated carbocycles. The molecule has 0 rings (SSSR count). The Balaban J connectivity index is 4.51.